The summed E-state index contributed by atoms with van der Waals surface area (Å²) in [6.45, 7) is 3.64. The minimum absolute atomic E-state index is 0.0698. The van der Waals surface area contributed by atoms with Crippen LogP contribution in [0.2, 0.25) is 0 Å². The van der Waals surface area contributed by atoms with Crippen LogP contribution in [0.15, 0.2) is 18.2 Å². The van der Waals surface area contributed by atoms with E-state index < -0.39 is 11.5 Å². The molecule has 1 aliphatic heterocycles. The van der Waals surface area contributed by atoms with Gasteiger partial charge in [-0.05, 0) is 37.6 Å². The lowest BCUT2D eigenvalue weighted by Crippen LogP contribution is -2.45. The Morgan fingerprint density at radius 3 is 2.84 bits per heavy atom. The highest BCUT2D eigenvalue weighted by atomic mass is 32.1. The van der Waals surface area contributed by atoms with E-state index in [1.54, 1.807) is 25.3 Å². The number of carbonyl (C=O) groups is 2. The number of nitrogens with one attached hydrogen (secondary N) is 2. The maximum Gasteiger partial charge on any atom is 0.228 e. The first-order chi connectivity index (χ1) is 11.8. The Morgan fingerprint density at radius 1 is 1.44 bits per heavy atom. The summed E-state index contributed by atoms with van der Waals surface area (Å²) in [5.41, 5.74) is 6.22. The van der Waals surface area contributed by atoms with Crippen molar-refractivity contribution in [2.75, 3.05) is 18.2 Å². The van der Waals surface area contributed by atoms with Crippen molar-refractivity contribution in [2.45, 2.75) is 31.7 Å². The van der Waals surface area contributed by atoms with Crippen LogP contribution in [-0.2, 0) is 15.1 Å². The Labute approximate surface area is 148 Å². The average Bonchev–Trinajstić information content (AvgIpc) is 3.00. The van der Waals surface area contributed by atoms with Crippen molar-refractivity contribution in [3.8, 4) is 5.75 Å². The first kappa shape index (κ1) is 17.2. The maximum absolute atomic E-state index is 12.9. The number of benzene rings is 1. The van der Waals surface area contributed by atoms with E-state index in [-0.39, 0.29) is 18.2 Å². The Hall–Kier alpha value is -2.68. The number of ether oxygens (including phenoxy) is 1. The smallest absolute Gasteiger partial charge is 0.228 e. The second-order valence-corrected chi connectivity index (χ2v) is 7.33. The van der Waals surface area contributed by atoms with Gasteiger partial charge in [0, 0.05) is 12.1 Å². The minimum Gasteiger partial charge on any atom is -0.497 e. The molecule has 1 aromatic heterocycles. The highest BCUT2D eigenvalue weighted by Gasteiger charge is 2.35. The van der Waals surface area contributed by atoms with Crippen molar-refractivity contribution < 1.29 is 14.3 Å². The van der Waals surface area contributed by atoms with Crippen molar-refractivity contribution in [1.29, 1.82) is 0 Å². The van der Waals surface area contributed by atoms with Gasteiger partial charge < -0.3 is 21.1 Å². The number of fused-ring (bicyclic) bond motifs is 1. The Balaban J connectivity index is 1.88. The molecule has 2 aromatic rings. The molecule has 0 saturated carbocycles. The second kappa shape index (κ2) is 6.32. The average molecular weight is 361 g/mol. The molecule has 0 aliphatic carbocycles. The number of methoxy groups -OCH3 is 1. The molecule has 0 bridgehead atoms. The molecule has 132 valence electrons. The van der Waals surface area contributed by atoms with Gasteiger partial charge >= 0.3 is 0 Å². The normalized spacial score (nSPS) is 16.8. The van der Waals surface area contributed by atoms with Crippen molar-refractivity contribution in [2.24, 2.45) is 0 Å². The predicted molar refractivity (Wildman–Crippen MR) is 94.5 cm³/mol. The summed E-state index contributed by atoms with van der Waals surface area (Å²) < 4.78 is 5.23. The van der Waals surface area contributed by atoms with Crippen LogP contribution in [0.4, 0.5) is 10.8 Å². The summed E-state index contributed by atoms with van der Waals surface area (Å²) in [5, 5.41) is 14.5. The Kier molecular flexibility index (Phi) is 4.34. The first-order valence-electron chi connectivity index (χ1n) is 7.69. The molecule has 8 nitrogen and oxygen atoms in total. The predicted octanol–water partition coefficient (Wildman–Crippen LogP) is 1.61. The van der Waals surface area contributed by atoms with Gasteiger partial charge in [0.05, 0.1) is 18.6 Å². The molecule has 0 spiro atoms. The van der Waals surface area contributed by atoms with Crippen LogP contribution in [0.25, 0.3) is 0 Å². The van der Waals surface area contributed by atoms with Crippen LogP contribution in [0.3, 0.4) is 0 Å². The highest BCUT2D eigenvalue weighted by Crippen LogP contribution is 2.36. The molecule has 2 amide bonds. The van der Waals surface area contributed by atoms with Crippen LogP contribution < -0.4 is 21.1 Å². The van der Waals surface area contributed by atoms with E-state index in [9.17, 15) is 9.59 Å². The van der Waals surface area contributed by atoms with Crippen LogP contribution >= 0.6 is 11.3 Å². The lowest BCUT2D eigenvalue weighted by atomic mass is 9.88. The number of nitrogen functional groups attached to an aromatic ring is 1. The first-order valence-corrected chi connectivity index (χ1v) is 8.51. The fourth-order valence-corrected chi connectivity index (χ4v) is 3.40. The lowest BCUT2D eigenvalue weighted by Gasteiger charge is -2.29. The molecular weight excluding hydrogens is 342 g/mol. The van der Waals surface area contributed by atoms with E-state index in [1.165, 1.54) is 11.3 Å². The van der Waals surface area contributed by atoms with Gasteiger partial charge in [0.2, 0.25) is 16.9 Å². The third kappa shape index (κ3) is 3.41. The van der Waals surface area contributed by atoms with Gasteiger partial charge in [0.1, 0.15) is 10.8 Å². The standard InChI is InChI=1S/C16H19N5O3S/c1-16(2,14-20-21-15(17)25-14)19-13(23)10-7-12(22)18-11-5-4-8(24-3)6-9(10)11/h4-6,10H,7H2,1-3H3,(H2,17,21)(H,18,22)(H,19,23)/t10-/m0/s1. The molecule has 0 unspecified atom stereocenters. The minimum atomic E-state index is -0.751. The third-order valence-corrected chi connectivity index (χ3v) is 5.10. The largest absolute Gasteiger partial charge is 0.497 e. The van der Waals surface area contributed by atoms with E-state index in [1.807, 2.05) is 13.8 Å². The number of rotatable bonds is 4. The molecule has 2 heterocycles. The van der Waals surface area contributed by atoms with Gasteiger partial charge in [0.25, 0.3) is 0 Å². The summed E-state index contributed by atoms with van der Waals surface area (Å²) in [4.78, 5) is 24.9. The number of anilines is 2. The van der Waals surface area contributed by atoms with E-state index in [4.69, 9.17) is 10.5 Å². The van der Waals surface area contributed by atoms with E-state index >= 15 is 0 Å². The molecule has 0 fully saturated rings. The number of nitrogens with zero attached hydrogens (tertiary/aromatic N) is 2. The fraction of sp³-hybridized carbons (Fsp3) is 0.375. The van der Waals surface area contributed by atoms with Gasteiger partial charge in [-0.25, -0.2) is 0 Å². The molecule has 1 atom stereocenters. The van der Waals surface area contributed by atoms with Gasteiger partial charge in [0.15, 0.2) is 0 Å². The van der Waals surface area contributed by atoms with Crippen LogP contribution in [0.5, 0.6) is 5.75 Å². The Morgan fingerprint density at radius 2 is 2.20 bits per heavy atom. The molecule has 9 heteroatoms. The molecule has 1 aromatic carbocycles. The quantitative estimate of drug-likeness (QED) is 0.761. The zero-order valence-corrected chi connectivity index (χ0v) is 14.9. The van der Waals surface area contributed by atoms with Crippen LogP contribution in [-0.4, -0.2) is 29.1 Å². The van der Waals surface area contributed by atoms with Gasteiger partial charge in [-0.2, -0.15) is 0 Å². The SMILES string of the molecule is COc1ccc2c(c1)[C@@H](C(=O)NC(C)(C)c1nnc(N)s1)CC(=O)N2. The van der Waals surface area contributed by atoms with Crippen LogP contribution in [0, 0.1) is 0 Å². The highest BCUT2D eigenvalue weighted by molar-refractivity contribution is 7.15. The molecule has 3 rings (SSSR count). The van der Waals surface area contributed by atoms with Crippen molar-refractivity contribution in [3.05, 3.63) is 28.8 Å². The topological polar surface area (TPSA) is 119 Å². The number of hydrogen-bond donors (Lipinski definition) is 3. The second-order valence-electron chi connectivity index (χ2n) is 6.32. The van der Waals surface area contributed by atoms with Crippen molar-refractivity contribution in [3.63, 3.8) is 0 Å². The number of aromatic nitrogens is 2. The lowest BCUT2D eigenvalue weighted by molar-refractivity contribution is -0.127. The summed E-state index contributed by atoms with van der Waals surface area (Å²) >= 11 is 1.22. The number of nitrogens with two attached hydrogens (primary N) is 1. The molecular formula is C16H19N5O3S. The summed E-state index contributed by atoms with van der Waals surface area (Å²) in [5.74, 6) is -0.439. The number of hydrogen-bond acceptors (Lipinski definition) is 7. The Bertz CT molecular complexity index is 833. The summed E-state index contributed by atoms with van der Waals surface area (Å²) in [6.07, 6.45) is 0.0698. The van der Waals surface area contributed by atoms with E-state index in [0.29, 0.717) is 21.6 Å². The number of carbonyl (C=O) groups excluding carboxylic acids is 2. The fourth-order valence-electron chi connectivity index (χ4n) is 2.74. The van der Waals surface area contributed by atoms with Crippen LogP contribution in [0.1, 0.15) is 36.8 Å². The molecule has 1 aliphatic rings. The van der Waals surface area contributed by atoms with Crippen molar-refractivity contribution in [1.82, 2.24) is 15.5 Å². The molecule has 4 N–H and O–H groups in total. The van der Waals surface area contributed by atoms with Gasteiger partial charge in [-0.3, -0.25) is 9.59 Å². The van der Waals surface area contributed by atoms with Gasteiger partial charge in [-0.15, -0.1) is 10.2 Å². The monoisotopic (exact) mass is 361 g/mol. The number of amides is 2. The molecule has 0 radical (unpaired) electrons. The zero-order chi connectivity index (χ0) is 18.2. The third-order valence-electron chi connectivity index (χ3n) is 4.03. The van der Waals surface area contributed by atoms with E-state index in [2.05, 4.69) is 20.8 Å². The van der Waals surface area contributed by atoms with Crippen molar-refractivity contribution >= 4 is 34.0 Å². The van der Waals surface area contributed by atoms with Gasteiger partial charge in [-0.1, -0.05) is 11.3 Å². The molecule has 25 heavy (non-hydrogen) atoms. The summed E-state index contributed by atoms with van der Waals surface area (Å²) in [7, 11) is 1.56. The van der Waals surface area contributed by atoms with E-state index in [0.717, 1.165) is 5.56 Å². The zero-order valence-electron chi connectivity index (χ0n) is 14.1. The summed E-state index contributed by atoms with van der Waals surface area (Å²) in [6, 6.07) is 5.25. The molecule has 0 saturated heterocycles. The maximum atomic E-state index is 12.9.